The van der Waals surface area contributed by atoms with Crippen LogP contribution in [0.1, 0.15) is 22.7 Å². The van der Waals surface area contributed by atoms with Crippen LogP contribution in [-0.4, -0.2) is 38.2 Å². The average molecular weight is 471 g/mol. The molecule has 1 saturated heterocycles. The minimum atomic E-state index is -0.951. The highest BCUT2D eigenvalue weighted by molar-refractivity contribution is 6.46. The number of rotatable bonds is 8. The first-order chi connectivity index (χ1) is 16.9. The van der Waals surface area contributed by atoms with Gasteiger partial charge in [-0.3, -0.25) is 24.7 Å². The van der Waals surface area contributed by atoms with E-state index in [1.54, 1.807) is 54.9 Å². The van der Waals surface area contributed by atoms with Crippen molar-refractivity contribution in [1.82, 2.24) is 9.88 Å². The Morgan fingerprint density at radius 2 is 1.86 bits per heavy atom. The van der Waals surface area contributed by atoms with E-state index in [1.165, 1.54) is 29.2 Å². The molecular weight excluding hydrogens is 450 g/mol. The lowest BCUT2D eigenvalue weighted by Crippen LogP contribution is -2.29. The molecule has 1 aliphatic heterocycles. The van der Waals surface area contributed by atoms with Gasteiger partial charge < -0.3 is 14.7 Å². The first-order valence-corrected chi connectivity index (χ1v) is 10.7. The topological polar surface area (TPSA) is 123 Å². The van der Waals surface area contributed by atoms with Crippen molar-refractivity contribution in [3.63, 3.8) is 0 Å². The Labute approximate surface area is 200 Å². The van der Waals surface area contributed by atoms with E-state index in [-0.39, 0.29) is 23.6 Å². The number of carbonyl (C=O) groups excluding carboxylic acids is 2. The number of nitro benzene ring substituents is 1. The fourth-order valence-electron chi connectivity index (χ4n) is 3.88. The molecule has 1 N–H and O–H groups in total. The minimum Gasteiger partial charge on any atom is -0.507 e. The van der Waals surface area contributed by atoms with E-state index >= 15 is 0 Å². The van der Waals surface area contributed by atoms with Crippen LogP contribution < -0.4 is 4.74 Å². The number of nitro groups is 1. The van der Waals surface area contributed by atoms with Crippen LogP contribution in [0.5, 0.6) is 5.75 Å². The van der Waals surface area contributed by atoms with Crippen molar-refractivity contribution in [2.45, 2.75) is 12.6 Å². The second kappa shape index (κ2) is 10.0. The Hall–Kier alpha value is -4.79. The molecule has 1 unspecified atom stereocenters. The molecule has 4 rings (SSSR count). The molecule has 0 bridgehead atoms. The van der Waals surface area contributed by atoms with Crippen molar-refractivity contribution in [1.29, 1.82) is 0 Å². The zero-order valence-electron chi connectivity index (χ0n) is 18.5. The van der Waals surface area contributed by atoms with Gasteiger partial charge in [-0.15, -0.1) is 0 Å². The van der Waals surface area contributed by atoms with Crippen molar-refractivity contribution in [2.75, 3.05) is 6.61 Å². The molecule has 3 aromatic rings. The lowest BCUT2D eigenvalue weighted by Gasteiger charge is -2.25. The van der Waals surface area contributed by atoms with Crippen molar-refractivity contribution in [3.05, 3.63) is 118 Å². The van der Waals surface area contributed by atoms with E-state index in [9.17, 15) is 24.8 Å². The molecule has 1 fully saturated rings. The van der Waals surface area contributed by atoms with Gasteiger partial charge in [-0.05, 0) is 53.6 Å². The van der Waals surface area contributed by atoms with Crippen LogP contribution in [-0.2, 0) is 16.1 Å². The van der Waals surface area contributed by atoms with Gasteiger partial charge >= 0.3 is 0 Å². The molecule has 35 heavy (non-hydrogen) atoms. The first-order valence-electron chi connectivity index (χ1n) is 10.7. The number of hydrogen-bond acceptors (Lipinski definition) is 7. The van der Waals surface area contributed by atoms with E-state index < -0.39 is 22.7 Å². The van der Waals surface area contributed by atoms with E-state index in [1.807, 2.05) is 0 Å². The molecule has 1 aromatic heterocycles. The van der Waals surface area contributed by atoms with E-state index in [0.29, 0.717) is 29.0 Å². The molecular formula is C26H21N3O6. The third-order valence-corrected chi connectivity index (χ3v) is 5.53. The lowest BCUT2D eigenvalue weighted by molar-refractivity contribution is -0.384. The Morgan fingerprint density at radius 3 is 2.46 bits per heavy atom. The highest BCUT2D eigenvalue weighted by Gasteiger charge is 2.46. The van der Waals surface area contributed by atoms with Crippen LogP contribution in [0.15, 0.2) is 91.3 Å². The van der Waals surface area contributed by atoms with Gasteiger partial charge in [-0.1, -0.05) is 18.7 Å². The maximum atomic E-state index is 13.1. The predicted octanol–water partition coefficient (Wildman–Crippen LogP) is 4.18. The lowest BCUT2D eigenvalue weighted by atomic mass is 9.95. The number of ether oxygens (including phenoxy) is 1. The summed E-state index contributed by atoms with van der Waals surface area (Å²) in [6.07, 6.45) is 4.77. The monoisotopic (exact) mass is 471 g/mol. The zero-order chi connectivity index (χ0) is 24.9. The van der Waals surface area contributed by atoms with E-state index in [0.717, 1.165) is 0 Å². The molecule has 0 spiro atoms. The number of carbonyl (C=O) groups is 2. The number of pyridine rings is 1. The van der Waals surface area contributed by atoms with Gasteiger partial charge in [-0.25, -0.2) is 0 Å². The van der Waals surface area contributed by atoms with Gasteiger partial charge in [0, 0.05) is 36.6 Å². The summed E-state index contributed by atoms with van der Waals surface area (Å²) < 4.78 is 5.45. The number of non-ortho nitro benzene ring substituents is 1. The number of aliphatic hydroxyl groups is 1. The molecule has 0 saturated carbocycles. The maximum absolute atomic E-state index is 13.1. The molecule has 2 aromatic carbocycles. The molecule has 9 nitrogen and oxygen atoms in total. The second-order valence-electron chi connectivity index (χ2n) is 7.76. The number of aromatic nitrogens is 1. The molecule has 9 heteroatoms. The van der Waals surface area contributed by atoms with Crippen molar-refractivity contribution < 1.29 is 24.4 Å². The number of aliphatic hydroxyl groups excluding tert-OH is 1. The first kappa shape index (κ1) is 23.4. The largest absolute Gasteiger partial charge is 0.507 e. The third-order valence-electron chi connectivity index (χ3n) is 5.53. The van der Waals surface area contributed by atoms with Gasteiger partial charge in [0.1, 0.15) is 18.1 Å². The minimum absolute atomic E-state index is 0.0607. The number of hydrogen-bond donors (Lipinski definition) is 1. The second-order valence-corrected chi connectivity index (χ2v) is 7.76. The molecule has 1 aliphatic rings. The smallest absolute Gasteiger partial charge is 0.295 e. The maximum Gasteiger partial charge on any atom is 0.295 e. The molecule has 0 radical (unpaired) electrons. The average Bonchev–Trinajstić information content (AvgIpc) is 3.13. The normalized spacial score (nSPS) is 16.8. The molecule has 1 amide bonds. The number of nitrogens with zero attached hydrogens (tertiary/aromatic N) is 3. The summed E-state index contributed by atoms with van der Waals surface area (Å²) >= 11 is 0. The summed E-state index contributed by atoms with van der Waals surface area (Å²) in [4.78, 5) is 42.1. The molecule has 1 atom stereocenters. The van der Waals surface area contributed by atoms with Crippen LogP contribution in [0, 0.1) is 10.1 Å². The standard InChI is InChI=1S/C26H21N3O6/c1-2-14-35-21-11-7-19(8-12-21)24(30)22-23(18-5-9-20(10-6-18)29(33)34)28(26(32)25(22)31)16-17-4-3-13-27-15-17/h2-13,15,23,30H,1,14,16H2/b24-22-. The highest BCUT2D eigenvalue weighted by atomic mass is 16.6. The van der Waals surface area contributed by atoms with Crippen LogP contribution in [0.2, 0.25) is 0 Å². The summed E-state index contributed by atoms with van der Waals surface area (Å²) in [5, 5.41) is 22.2. The van der Waals surface area contributed by atoms with E-state index in [4.69, 9.17) is 4.74 Å². The number of Topliss-reactive ketones (excluding diaryl/α,β-unsaturated/α-hetero) is 1. The number of benzene rings is 2. The van der Waals surface area contributed by atoms with Gasteiger partial charge in [0.15, 0.2) is 0 Å². The summed E-state index contributed by atoms with van der Waals surface area (Å²) in [6, 6.07) is 14.5. The van der Waals surface area contributed by atoms with E-state index in [2.05, 4.69) is 11.6 Å². The highest BCUT2D eigenvalue weighted by Crippen LogP contribution is 2.40. The van der Waals surface area contributed by atoms with Crippen molar-refractivity contribution in [2.24, 2.45) is 0 Å². The van der Waals surface area contributed by atoms with Crippen LogP contribution in [0.4, 0.5) is 5.69 Å². The summed E-state index contributed by atoms with van der Waals surface area (Å²) in [6.45, 7) is 3.96. The van der Waals surface area contributed by atoms with Crippen molar-refractivity contribution >= 4 is 23.1 Å². The Bertz CT molecular complexity index is 1300. The van der Waals surface area contributed by atoms with Crippen LogP contribution in [0.25, 0.3) is 5.76 Å². The fraction of sp³-hybridized carbons (Fsp3) is 0.115. The third kappa shape index (κ3) is 4.79. The summed E-state index contributed by atoms with van der Waals surface area (Å²) in [7, 11) is 0. The Kier molecular flexibility index (Phi) is 6.68. The predicted molar refractivity (Wildman–Crippen MR) is 127 cm³/mol. The SMILES string of the molecule is C=CCOc1ccc(/C(O)=C2/C(=O)C(=O)N(Cc3cccnc3)C2c2ccc([N+](=O)[O-])cc2)cc1. The molecule has 176 valence electrons. The molecule has 0 aliphatic carbocycles. The summed E-state index contributed by atoms with van der Waals surface area (Å²) in [5.74, 6) is -1.44. The van der Waals surface area contributed by atoms with Gasteiger partial charge in [0.2, 0.25) is 0 Å². The van der Waals surface area contributed by atoms with Crippen molar-refractivity contribution in [3.8, 4) is 5.75 Å². The van der Waals surface area contributed by atoms with Gasteiger partial charge in [0.05, 0.1) is 16.5 Å². The molecule has 2 heterocycles. The van der Waals surface area contributed by atoms with Crippen LogP contribution >= 0.6 is 0 Å². The quantitative estimate of drug-likeness (QED) is 0.131. The number of amides is 1. The number of ketones is 1. The van der Waals surface area contributed by atoms with Gasteiger partial charge in [-0.2, -0.15) is 0 Å². The summed E-state index contributed by atoms with van der Waals surface area (Å²) in [5.41, 5.74) is 1.22. The Balaban J connectivity index is 1.79. The number of likely N-dealkylation sites (tertiary alicyclic amines) is 1. The Morgan fingerprint density at radius 1 is 1.14 bits per heavy atom. The fourth-order valence-corrected chi connectivity index (χ4v) is 3.88. The van der Waals surface area contributed by atoms with Crippen LogP contribution in [0.3, 0.4) is 0 Å². The zero-order valence-corrected chi connectivity index (χ0v) is 18.5. The van der Waals surface area contributed by atoms with Gasteiger partial charge in [0.25, 0.3) is 17.4 Å².